The van der Waals surface area contributed by atoms with Crippen LogP contribution in [0.15, 0.2) is 48.5 Å². The quantitative estimate of drug-likeness (QED) is 0.716. The van der Waals surface area contributed by atoms with Crippen LogP contribution in [0, 0.1) is 6.92 Å². The van der Waals surface area contributed by atoms with Crippen LogP contribution < -0.4 is 15.4 Å². The lowest BCUT2D eigenvalue weighted by Crippen LogP contribution is -2.36. The van der Waals surface area contributed by atoms with Gasteiger partial charge < -0.3 is 15.4 Å². The fourth-order valence-electron chi connectivity index (χ4n) is 2.58. The van der Waals surface area contributed by atoms with Crippen molar-refractivity contribution in [3.05, 3.63) is 65.2 Å². The third-order valence-corrected chi connectivity index (χ3v) is 4.13. The molecule has 2 N–H and O–H groups in total. The summed E-state index contributed by atoms with van der Waals surface area (Å²) < 4.78 is 5.73. The molecule has 0 aromatic heterocycles. The number of urea groups is 1. The molecule has 0 fully saturated rings. The van der Waals surface area contributed by atoms with Crippen LogP contribution in [0.2, 0.25) is 0 Å². The van der Waals surface area contributed by atoms with Crippen molar-refractivity contribution in [3.8, 4) is 5.75 Å². The third-order valence-electron chi connectivity index (χ3n) is 4.13. The lowest BCUT2D eigenvalue weighted by molar-refractivity contribution is 0.238. The van der Waals surface area contributed by atoms with E-state index in [1.807, 2.05) is 37.3 Å². The molecule has 0 aliphatic rings. The summed E-state index contributed by atoms with van der Waals surface area (Å²) in [6.45, 7) is 10.3. The van der Waals surface area contributed by atoms with E-state index < -0.39 is 0 Å². The van der Waals surface area contributed by atoms with Crippen LogP contribution in [0.5, 0.6) is 5.75 Å². The van der Waals surface area contributed by atoms with E-state index in [-0.39, 0.29) is 11.4 Å². The van der Waals surface area contributed by atoms with Crippen LogP contribution in [0.25, 0.3) is 0 Å². The molecule has 0 heterocycles. The van der Waals surface area contributed by atoms with Gasteiger partial charge in [-0.15, -0.1) is 0 Å². The van der Waals surface area contributed by atoms with E-state index in [1.165, 1.54) is 11.1 Å². The highest BCUT2D eigenvalue weighted by atomic mass is 16.5. The topological polar surface area (TPSA) is 50.4 Å². The molecule has 0 spiro atoms. The van der Waals surface area contributed by atoms with E-state index in [0.717, 1.165) is 17.7 Å². The van der Waals surface area contributed by atoms with Crippen LogP contribution in [0.4, 0.5) is 4.79 Å². The van der Waals surface area contributed by atoms with Crippen molar-refractivity contribution >= 4 is 6.03 Å². The molecule has 0 saturated heterocycles. The van der Waals surface area contributed by atoms with E-state index in [2.05, 4.69) is 49.6 Å². The monoisotopic (exact) mass is 354 g/mol. The third kappa shape index (κ3) is 6.79. The van der Waals surface area contributed by atoms with Gasteiger partial charge in [0.25, 0.3) is 0 Å². The fourth-order valence-corrected chi connectivity index (χ4v) is 2.58. The molecule has 0 saturated carbocycles. The first kappa shape index (κ1) is 19.8. The van der Waals surface area contributed by atoms with Crippen molar-refractivity contribution in [3.63, 3.8) is 0 Å². The summed E-state index contributed by atoms with van der Waals surface area (Å²) in [4.78, 5) is 11.8. The van der Waals surface area contributed by atoms with Gasteiger partial charge in [-0.1, -0.05) is 62.7 Å². The van der Waals surface area contributed by atoms with Crippen LogP contribution in [0.3, 0.4) is 0 Å². The number of carbonyl (C=O) groups is 1. The maximum Gasteiger partial charge on any atom is 0.315 e. The highest BCUT2D eigenvalue weighted by Crippen LogP contribution is 2.24. The number of hydrogen-bond acceptors (Lipinski definition) is 2. The van der Waals surface area contributed by atoms with Crippen molar-refractivity contribution < 1.29 is 9.53 Å². The summed E-state index contributed by atoms with van der Waals surface area (Å²) in [6.07, 6.45) is 0.763. The van der Waals surface area contributed by atoms with Crippen LogP contribution in [0.1, 0.15) is 43.9 Å². The Kier molecular flexibility index (Phi) is 7.07. The molecule has 0 radical (unpaired) electrons. The average Bonchev–Trinajstić information content (AvgIpc) is 2.59. The maximum absolute atomic E-state index is 11.8. The van der Waals surface area contributed by atoms with Gasteiger partial charge in [-0.05, 0) is 42.0 Å². The Labute approximate surface area is 157 Å². The largest absolute Gasteiger partial charge is 0.494 e. The first-order chi connectivity index (χ1) is 12.3. The van der Waals surface area contributed by atoms with Crippen molar-refractivity contribution in [1.29, 1.82) is 0 Å². The summed E-state index contributed by atoms with van der Waals surface area (Å²) in [7, 11) is 0. The number of rotatable bonds is 7. The lowest BCUT2D eigenvalue weighted by atomic mass is 9.87. The summed E-state index contributed by atoms with van der Waals surface area (Å²) in [6, 6.07) is 16.2. The number of nitrogens with one attached hydrogen (secondary N) is 2. The van der Waals surface area contributed by atoms with Gasteiger partial charge in [-0.25, -0.2) is 4.79 Å². The predicted molar refractivity (Wildman–Crippen MR) is 107 cm³/mol. The van der Waals surface area contributed by atoms with Gasteiger partial charge in [0.05, 0.1) is 6.61 Å². The molecule has 2 amide bonds. The number of amides is 2. The molecule has 0 atom stereocenters. The van der Waals surface area contributed by atoms with Crippen LogP contribution >= 0.6 is 0 Å². The number of hydrogen-bond donors (Lipinski definition) is 2. The summed E-state index contributed by atoms with van der Waals surface area (Å²) >= 11 is 0. The van der Waals surface area contributed by atoms with E-state index in [0.29, 0.717) is 19.7 Å². The zero-order valence-corrected chi connectivity index (χ0v) is 16.3. The highest BCUT2D eigenvalue weighted by molar-refractivity contribution is 5.73. The summed E-state index contributed by atoms with van der Waals surface area (Å²) in [5, 5.41) is 5.72. The van der Waals surface area contributed by atoms with E-state index in [4.69, 9.17) is 4.74 Å². The predicted octanol–water partition coefficient (Wildman–Crippen LogP) is 4.56. The van der Waals surface area contributed by atoms with Gasteiger partial charge in [-0.3, -0.25) is 0 Å². The summed E-state index contributed by atoms with van der Waals surface area (Å²) in [5.74, 6) is 0.863. The molecule has 0 aliphatic carbocycles. The fraction of sp³-hybridized carbons (Fsp3) is 0.409. The minimum Gasteiger partial charge on any atom is -0.494 e. The molecule has 2 aromatic rings. The number of aryl methyl sites for hydroxylation is 1. The molecule has 4 heteroatoms. The number of carbonyl (C=O) groups excluding carboxylic acids is 1. The molecular weight excluding hydrogens is 324 g/mol. The molecule has 0 bridgehead atoms. The molecule has 2 rings (SSSR count). The minimum atomic E-state index is -0.152. The molecular formula is C22H30N2O2. The SMILES string of the molecule is Cc1cccc(CNC(=O)NCCCOc2ccc(C(C)(C)C)cc2)c1. The lowest BCUT2D eigenvalue weighted by Gasteiger charge is -2.19. The Morgan fingerprint density at radius 1 is 1.04 bits per heavy atom. The van der Waals surface area contributed by atoms with Crippen molar-refractivity contribution in [1.82, 2.24) is 10.6 Å². The van der Waals surface area contributed by atoms with Gasteiger partial charge in [0.2, 0.25) is 0 Å². The number of ether oxygens (including phenoxy) is 1. The van der Waals surface area contributed by atoms with Gasteiger partial charge >= 0.3 is 6.03 Å². The highest BCUT2D eigenvalue weighted by Gasteiger charge is 2.12. The second-order valence-corrected chi connectivity index (χ2v) is 7.57. The molecule has 4 nitrogen and oxygen atoms in total. The Bertz CT molecular complexity index is 703. The second kappa shape index (κ2) is 9.27. The standard InChI is InChI=1S/C22H30N2O2/c1-17-7-5-8-18(15-17)16-24-21(25)23-13-6-14-26-20-11-9-19(10-12-20)22(2,3)4/h5,7-12,15H,6,13-14,16H2,1-4H3,(H2,23,24,25). The van der Waals surface area contributed by atoms with Crippen LogP contribution in [-0.4, -0.2) is 19.2 Å². The molecule has 2 aromatic carbocycles. The van der Waals surface area contributed by atoms with Gasteiger partial charge in [0, 0.05) is 13.1 Å². The van der Waals surface area contributed by atoms with Crippen LogP contribution in [-0.2, 0) is 12.0 Å². The van der Waals surface area contributed by atoms with Gasteiger partial charge in [0.1, 0.15) is 5.75 Å². The molecule has 140 valence electrons. The van der Waals surface area contributed by atoms with E-state index in [1.54, 1.807) is 0 Å². The minimum absolute atomic E-state index is 0.147. The zero-order chi connectivity index (χ0) is 19.0. The van der Waals surface area contributed by atoms with Gasteiger partial charge in [0.15, 0.2) is 0 Å². The second-order valence-electron chi connectivity index (χ2n) is 7.57. The Hall–Kier alpha value is -2.49. The Morgan fingerprint density at radius 2 is 1.77 bits per heavy atom. The maximum atomic E-state index is 11.8. The first-order valence-corrected chi connectivity index (χ1v) is 9.15. The Balaban J connectivity index is 1.60. The first-order valence-electron chi connectivity index (χ1n) is 9.15. The van der Waals surface area contributed by atoms with Crippen molar-refractivity contribution in [2.45, 2.75) is 46.1 Å². The normalized spacial score (nSPS) is 11.1. The summed E-state index contributed by atoms with van der Waals surface area (Å²) in [5.41, 5.74) is 3.73. The smallest absolute Gasteiger partial charge is 0.315 e. The molecule has 26 heavy (non-hydrogen) atoms. The molecule has 0 aliphatic heterocycles. The van der Waals surface area contributed by atoms with Crippen molar-refractivity contribution in [2.75, 3.05) is 13.2 Å². The van der Waals surface area contributed by atoms with E-state index in [9.17, 15) is 4.79 Å². The van der Waals surface area contributed by atoms with Gasteiger partial charge in [-0.2, -0.15) is 0 Å². The zero-order valence-electron chi connectivity index (χ0n) is 16.3. The van der Waals surface area contributed by atoms with Crippen molar-refractivity contribution in [2.24, 2.45) is 0 Å². The van der Waals surface area contributed by atoms with E-state index >= 15 is 0 Å². The Morgan fingerprint density at radius 3 is 2.42 bits per heavy atom. The average molecular weight is 354 g/mol. The number of benzene rings is 2. The molecule has 0 unspecified atom stereocenters.